The molecule has 118 valence electrons. The van der Waals surface area contributed by atoms with Crippen molar-refractivity contribution in [3.05, 3.63) is 59.2 Å². The van der Waals surface area contributed by atoms with Gasteiger partial charge in [0.1, 0.15) is 11.5 Å². The molecule has 3 nitrogen and oxygen atoms in total. The lowest BCUT2D eigenvalue weighted by atomic mass is 9.87. The number of carbonyl (C=O) groups is 1. The van der Waals surface area contributed by atoms with Gasteiger partial charge in [-0.1, -0.05) is 35.9 Å². The smallest absolute Gasteiger partial charge is 0.335 e. The summed E-state index contributed by atoms with van der Waals surface area (Å²) in [7, 11) is 1.69. The molecule has 0 radical (unpaired) electrons. The van der Waals surface area contributed by atoms with Crippen LogP contribution in [0.4, 0.5) is 0 Å². The summed E-state index contributed by atoms with van der Waals surface area (Å²) in [5.41, 5.74) is 4.54. The van der Waals surface area contributed by atoms with E-state index in [1.54, 1.807) is 7.11 Å². The summed E-state index contributed by atoms with van der Waals surface area (Å²) in [5.74, 6) is 1.07. The van der Waals surface area contributed by atoms with Gasteiger partial charge in [-0.15, -0.1) is 0 Å². The number of methoxy groups -OCH3 is 1. The van der Waals surface area contributed by atoms with Crippen LogP contribution in [-0.4, -0.2) is 13.1 Å². The van der Waals surface area contributed by atoms with Gasteiger partial charge in [0.25, 0.3) is 0 Å². The van der Waals surface area contributed by atoms with E-state index in [1.807, 2.05) is 19.1 Å². The molecule has 0 atom stereocenters. The Hall–Kier alpha value is -2.55. The van der Waals surface area contributed by atoms with Crippen LogP contribution >= 0.6 is 0 Å². The van der Waals surface area contributed by atoms with Crippen LogP contribution in [0, 0.1) is 6.92 Å². The first kappa shape index (κ1) is 15.3. The van der Waals surface area contributed by atoms with E-state index in [0.29, 0.717) is 5.75 Å². The highest BCUT2D eigenvalue weighted by molar-refractivity contribution is 5.99. The van der Waals surface area contributed by atoms with Crippen LogP contribution in [0.3, 0.4) is 0 Å². The number of aryl methyl sites for hydroxylation is 1. The Kier molecular flexibility index (Phi) is 3.95. The molecule has 0 amide bonds. The highest BCUT2D eigenvalue weighted by Gasteiger charge is 2.24. The van der Waals surface area contributed by atoms with Crippen molar-refractivity contribution in [1.82, 2.24) is 0 Å². The third kappa shape index (κ3) is 2.63. The Morgan fingerprint density at radius 3 is 2.65 bits per heavy atom. The minimum atomic E-state index is -0.438. The van der Waals surface area contributed by atoms with Crippen molar-refractivity contribution >= 4 is 16.7 Å². The molecule has 0 heterocycles. The van der Waals surface area contributed by atoms with Gasteiger partial charge in [-0.3, -0.25) is 0 Å². The standard InChI is InChI=1S/C20H20O3/c1-5-18(21)23-20-15-9-7-12(2)10-16(15)19(22-4)14-8-6-13(3)11-17(14)20/h5-7,9-10H,1,8,11H2,2-4H3. The second-order valence-electron chi connectivity index (χ2n) is 5.93. The summed E-state index contributed by atoms with van der Waals surface area (Å²) in [6.07, 6.45) is 4.94. The van der Waals surface area contributed by atoms with Crippen LogP contribution in [0.1, 0.15) is 23.6 Å². The number of hydrogen-bond acceptors (Lipinski definition) is 3. The van der Waals surface area contributed by atoms with Gasteiger partial charge in [-0.25, -0.2) is 4.79 Å². The molecule has 0 spiro atoms. The Labute approximate surface area is 136 Å². The Bertz CT molecular complexity index is 844. The Balaban J connectivity index is 2.37. The van der Waals surface area contributed by atoms with Crippen molar-refractivity contribution < 1.29 is 14.3 Å². The summed E-state index contributed by atoms with van der Waals surface area (Å²) < 4.78 is 11.3. The first-order valence-corrected chi connectivity index (χ1v) is 7.67. The maximum Gasteiger partial charge on any atom is 0.335 e. The molecule has 3 heteroatoms. The zero-order valence-corrected chi connectivity index (χ0v) is 13.7. The number of allylic oxidation sites excluding steroid dienone is 2. The average molecular weight is 308 g/mol. The number of hydrogen-bond donors (Lipinski definition) is 0. The van der Waals surface area contributed by atoms with Gasteiger partial charge < -0.3 is 9.47 Å². The second-order valence-corrected chi connectivity index (χ2v) is 5.93. The van der Waals surface area contributed by atoms with E-state index in [9.17, 15) is 4.79 Å². The summed E-state index contributed by atoms with van der Waals surface area (Å²) >= 11 is 0. The molecule has 2 aromatic carbocycles. The third-order valence-electron chi connectivity index (χ3n) is 4.26. The van der Waals surface area contributed by atoms with E-state index in [2.05, 4.69) is 25.6 Å². The monoisotopic (exact) mass is 308 g/mol. The molecule has 0 aliphatic heterocycles. The van der Waals surface area contributed by atoms with Crippen molar-refractivity contribution in [2.75, 3.05) is 7.11 Å². The third-order valence-corrected chi connectivity index (χ3v) is 4.26. The quantitative estimate of drug-likeness (QED) is 0.367. The van der Waals surface area contributed by atoms with Gasteiger partial charge >= 0.3 is 5.97 Å². The fourth-order valence-electron chi connectivity index (χ4n) is 3.17. The van der Waals surface area contributed by atoms with E-state index < -0.39 is 5.97 Å². The van der Waals surface area contributed by atoms with E-state index >= 15 is 0 Å². The molecule has 1 aliphatic carbocycles. The van der Waals surface area contributed by atoms with Gasteiger partial charge in [0.15, 0.2) is 0 Å². The number of benzene rings is 2. The molecule has 2 aromatic rings. The van der Waals surface area contributed by atoms with Crippen molar-refractivity contribution in [2.45, 2.75) is 26.7 Å². The lowest BCUT2D eigenvalue weighted by molar-refractivity contribution is -0.128. The van der Waals surface area contributed by atoms with Gasteiger partial charge in [0.2, 0.25) is 0 Å². The van der Waals surface area contributed by atoms with Crippen molar-refractivity contribution in [3.8, 4) is 11.5 Å². The maximum atomic E-state index is 11.8. The highest BCUT2D eigenvalue weighted by Crippen LogP contribution is 2.44. The normalized spacial score (nSPS) is 13.3. The maximum absolute atomic E-state index is 11.8. The van der Waals surface area contributed by atoms with E-state index in [4.69, 9.17) is 9.47 Å². The van der Waals surface area contributed by atoms with Gasteiger partial charge in [0.05, 0.1) is 7.11 Å². The number of carbonyl (C=O) groups excluding carboxylic acids is 1. The summed E-state index contributed by atoms with van der Waals surface area (Å²) in [4.78, 5) is 11.8. The molecule has 0 bridgehead atoms. The molecule has 0 saturated heterocycles. The number of esters is 1. The van der Waals surface area contributed by atoms with E-state index in [0.717, 1.165) is 46.1 Å². The van der Waals surface area contributed by atoms with Gasteiger partial charge in [-0.05, 0) is 32.8 Å². The summed E-state index contributed by atoms with van der Waals surface area (Å²) in [6.45, 7) is 7.63. The minimum absolute atomic E-state index is 0.438. The van der Waals surface area contributed by atoms with Crippen LogP contribution in [0.2, 0.25) is 0 Å². The number of fused-ring (bicyclic) bond motifs is 2. The van der Waals surface area contributed by atoms with Crippen LogP contribution in [0.15, 0.2) is 42.5 Å². The van der Waals surface area contributed by atoms with E-state index in [-0.39, 0.29) is 0 Å². The summed E-state index contributed by atoms with van der Waals surface area (Å²) in [6, 6.07) is 6.09. The van der Waals surface area contributed by atoms with Crippen LogP contribution in [0.5, 0.6) is 11.5 Å². The minimum Gasteiger partial charge on any atom is -0.496 e. The molecule has 0 N–H and O–H groups in total. The van der Waals surface area contributed by atoms with Crippen LogP contribution in [-0.2, 0) is 17.6 Å². The van der Waals surface area contributed by atoms with Gasteiger partial charge in [0, 0.05) is 28.0 Å². The topological polar surface area (TPSA) is 35.5 Å². The Morgan fingerprint density at radius 2 is 1.96 bits per heavy atom. The van der Waals surface area contributed by atoms with Crippen molar-refractivity contribution in [3.63, 3.8) is 0 Å². The molecular weight excluding hydrogens is 288 g/mol. The van der Waals surface area contributed by atoms with Crippen molar-refractivity contribution in [2.24, 2.45) is 0 Å². The van der Waals surface area contributed by atoms with Gasteiger partial charge in [-0.2, -0.15) is 0 Å². The first-order valence-electron chi connectivity index (χ1n) is 7.67. The molecule has 0 saturated carbocycles. The SMILES string of the molecule is C=CC(=O)Oc1c2c(c(OC)c3cc(C)ccc13)CC=C(C)C2. The molecule has 0 fully saturated rings. The van der Waals surface area contributed by atoms with Crippen LogP contribution in [0.25, 0.3) is 10.8 Å². The predicted molar refractivity (Wildman–Crippen MR) is 92.2 cm³/mol. The van der Waals surface area contributed by atoms with E-state index in [1.165, 1.54) is 11.6 Å². The summed E-state index contributed by atoms with van der Waals surface area (Å²) in [5, 5.41) is 1.88. The lowest BCUT2D eigenvalue weighted by Crippen LogP contribution is -2.11. The molecule has 0 aromatic heterocycles. The average Bonchev–Trinajstić information content (AvgIpc) is 2.54. The molecule has 23 heavy (non-hydrogen) atoms. The lowest BCUT2D eigenvalue weighted by Gasteiger charge is -2.23. The molecule has 3 rings (SSSR count). The number of ether oxygens (including phenoxy) is 2. The fourth-order valence-corrected chi connectivity index (χ4v) is 3.17. The molecule has 0 unspecified atom stereocenters. The van der Waals surface area contributed by atoms with Crippen molar-refractivity contribution in [1.29, 1.82) is 0 Å². The highest BCUT2D eigenvalue weighted by atomic mass is 16.5. The predicted octanol–water partition coefficient (Wildman–Crippen LogP) is 4.29. The molecular formula is C20H20O3. The largest absolute Gasteiger partial charge is 0.496 e. The Morgan fingerprint density at radius 1 is 1.17 bits per heavy atom. The second kappa shape index (κ2) is 5.92. The first-order chi connectivity index (χ1) is 11.0. The van der Waals surface area contributed by atoms with Crippen LogP contribution < -0.4 is 9.47 Å². The fraction of sp³-hybridized carbons (Fsp3) is 0.250. The number of rotatable bonds is 3. The zero-order valence-electron chi connectivity index (χ0n) is 13.7. The molecule has 1 aliphatic rings. The zero-order chi connectivity index (χ0) is 16.6.